The lowest BCUT2D eigenvalue weighted by Crippen LogP contribution is -2.13. The van der Waals surface area contributed by atoms with Crippen molar-refractivity contribution in [2.45, 2.75) is 4.90 Å². The van der Waals surface area contributed by atoms with Gasteiger partial charge >= 0.3 is 0 Å². The van der Waals surface area contributed by atoms with E-state index in [1.54, 1.807) is 18.2 Å². The number of halogens is 2. The van der Waals surface area contributed by atoms with Crippen molar-refractivity contribution in [3.8, 4) is 0 Å². The first-order valence-corrected chi connectivity index (χ1v) is 7.08. The van der Waals surface area contributed by atoms with Crippen molar-refractivity contribution in [2.75, 3.05) is 10.5 Å². The fourth-order valence-corrected chi connectivity index (χ4v) is 2.73. The third kappa shape index (κ3) is 3.15. The predicted octanol–water partition coefficient (Wildman–Crippen LogP) is 2.86. The van der Waals surface area contributed by atoms with Gasteiger partial charge in [0.05, 0.1) is 16.3 Å². The van der Waals surface area contributed by atoms with Crippen molar-refractivity contribution < 1.29 is 12.8 Å². The van der Waals surface area contributed by atoms with Gasteiger partial charge in [0.25, 0.3) is 10.0 Å². The molecule has 0 spiro atoms. The van der Waals surface area contributed by atoms with Crippen LogP contribution in [0.2, 0.25) is 5.02 Å². The van der Waals surface area contributed by atoms with E-state index >= 15 is 0 Å². The van der Waals surface area contributed by atoms with Crippen molar-refractivity contribution in [3.05, 3.63) is 53.3 Å². The van der Waals surface area contributed by atoms with Crippen molar-refractivity contribution >= 4 is 33.0 Å². The standard InChI is InChI=1S/C12H10ClFN2O2S/c13-8-2-1-3-9(6-8)16-19(17,18)10-4-5-11(14)12(15)7-10/h1-7,16H,15H2. The van der Waals surface area contributed by atoms with Gasteiger partial charge in [-0.1, -0.05) is 17.7 Å². The minimum Gasteiger partial charge on any atom is -0.396 e. The van der Waals surface area contributed by atoms with Gasteiger partial charge in [0.2, 0.25) is 0 Å². The van der Waals surface area contributed by atoms with Crippen molar-refractivity contribution in [1.82, 2.24) is 0 Å². The second kappa shape index (κ2) is 5.07. The number of anilines is 2. The van der Waals surface area contributed by atoms with Crippen LogP contribution in [-0.4, -0.2) is 8.42 Å². The van der Waals surface area contributed by atoms with Crippen LogP contribution >= 0.6 is 11.6 Å². The van der Waals surface area contributed by atoms with Crippen LogP contribution in [0.1, 0.15) is 0 Å². The average Bonchev–Trinajstić information content (AvgIpc) is 2.32. The Labute approximate surface area is 115 Å². The first-order chi connectivity index (χ1) is 8.88. The summed E-state index contributed by atoms with van der Waals surface area (Å²) in [5.41, 5.74) is 5.43. The first kappa shape index (κ1) is 13.6. The minimum atomic E-state index is -3.82. The van der Waals surface area contributed by atoms with Gasteiger partial charge < -0.3 is 5.73 Å². The summed E-state index contributed by atoms with van der Waals surface area (Å²) < 4.78 is 39.4. The number of hydrogen-bond acceptors (Lipinski definition) is 3. The molecule has 3 N–H and O–H groups in total. The molecule has 0 saturated heterocycles. The zero-order chi connectivity index (χ0) is 14.0. The van der Waals surface area contributed by atoms with Crippen LogP contribution < -0.4 is 10.5 Å². The monoisotopic (exact) mass is 300 g/mol. The van der Waals surface area contributed by atoms with Gasteiger partial charge in [-0.2, -0.15) is 0 Å². The number of sulfonamides is 1. The molecule has 0 aromatic heterocycles. The highest BCUT2D eigenvalue weighted by Crippen LogP contribution is 2.21. The summed E-state index contributed by atoms with van der Waals surface area (Å²) in [6.45, 7) is 0. The Morgan fingerprint density at radius 2 is 1.89 bits per heavy atom. The van der Waals surface area contributed by atoms with E-state index in [4.69, 9.17) is 17.3 Å². The smallest absolute Gasteiger partial charge is 0.261 e. The lowest BCUT2D eigenvalue weighted by Gasteiger charge is -2.09. The lowest BCUT2D eigenvalue weighted by molar-refractivity contribution is 0.600. The molecule has 2 aromatic carbocycles. The van der Waals surface area contributed by atoms with E-state index in [2.05, 4.69) is 4.72 Å². The Bertz CT molecular complexity index is 719. The van der Waals surface area contributed by atoms with E-state index in [1.165, 1.54) is 6.07 Å². The fourth-order valence-electron chi connectivity index (χ4n) is 1.46. The summed E-state index contributed by atoms with van der Waals surface area (Å²) in [7, 11) is -3.82. The number of nitrogens with one attached hydrogen (secondary N) is 1. The Kier molecular flexibility index (Phi) is 3.64. The van der Waals surface area contributed by atoms with Gasteiger partial charge in [0, 0.05) is 5.02 Å². The maximum atomic E-state index is 13.0. The van der Waals surface area contributed by atoms with Gasteiger partial charge in [-0.3, -0.25) is 4.72 Å². The van der Waals surface area contributed by atoms with Crippen LogP contribution in [0, 0.1) is 5.82 Å². The third-order valence-corrected chi connectivity index (χ3v) is 3.97. The van der Waals surface area contributed by atoms with Gasteiger partial charge in [0.1, 0.15) is 5.82 Å². The quantitative estimate of drug-likeness (QED) is 0.856. The largest absolute Gasteiger partial charge is 0.396 e. The Balaban J connectivity index is 2.35. The van der Waals surface area contributed by atoms with Crippen LogP contribution in [0.3, 0.4) is 0 Å². The Hall–Kier alpha value is -1.79. The summed E-state index contributed by atoms with van der Waals surface area (Å²) in [5.74, 6) is -0.665. The molecule has 0 aliphatic carbocycles. The fraction of sp³-hybridized carbons (Fsp3) is 0. The molecule has 0 amide bonds. The van der Waals surface area contributed by atoms with E-state index < -0.39 is 15.8 Å². The van der Waals surface area contributed by atoms with E-state index in [0.29, 0.717) is 10.7 Å². The SMILES string of the molecule is Nc1cc(S(=O)(=O)Nc2cccc(Cl)c2)ccc1F. The minimum absolute atomic E-state index is 0.119. The highest BCUT2D eigenvalue weighted by molar-refractivity contribution is 7.92. The molecule has 0 bridgehead atoms. The number of nitrogen functional groups attached to an aromatic ring is 1. The Morgan fingerprint density at radius 1 is 1.16 bits per heavy atom. The zero-order valence-corrected chi connectivity index (χ0v) is 11.2. The van der Waals surface area contributed by atoms with Crippen molar-refractivity contribution in [3.63, 3.8) is 0 Å². The van der Waals surface area contributed by atoms with E-state index in [0.717, 1.165) is 18.2 Å². The highest BCUT2D eigenvalue weighted by Gasteiger charge is 2.15. The molecule has 2 rings (SSSR count). The number of nitrogens with two attached hydrogens (primary N) is 1. The summed E-state index contributed by atoms with van der Waals surface area (Å²) in [4.78, 5) is -0.119. The van der Waals surface area contributed by atoms with Crippen LogP contribution in [0.15, 0.2) is 47.4 Å². The maximum absolute atomic E-state index is 13.0. The highest BCUT2D eigenvalue weighted by atomic mass is 35.5. The average molecular weight is 301 g/mol. The molecule has 4 nitrogen and oxygen atoms in total. The molecule has 0 fully saturated rings. The topological polar surface area (TPSA) is 72.2 Å². The molecule has 7 heteroatoms. The molecule has 0 radical (unpaired) electrons. The molecule has 0 aliphatic heterocycles. The van der Waals surface area contributed by atoms with E-state index in [1.807, 2.05) is 0 Å². The van der Waals surface area contributed by atoms with Gasteiger partial charge in [-0.05, 0) is 36.4 Å². The molecule has 0 unspecified atom stereocenters. The van der Waals surface area contributed by atoms with Crippen molar-refractivity contribution in [2.24, 2.45) is 0 Å². The van der Waals surface area contributed by atoms with Gasteiger partial charge in [0.15, 0.2) is 0 Å². The zero-order valence-electron chi connectivity index (χ0n) is 9.60. The molecule has 0 heterocycles. The van der Waals surface area contributed by atoms with Gasteiger partial charge in [-0.15, -0.1) is 0 Å². The molecule has 0 aliphatic rings. The molecular weight excluding hydrogens is 291 g/mol. The summed E-state index contributed by atoms with van der Waals surface area (Å²) in [5, 5.41) is 0.402. The second-order valence-corrected chi connectivity index (χ2v) is 5.92. The van der Waals surface area contributed by atoms with E-state index in [9.17, 15) is 12.8 Å². The molecule has 0 atom stereocenters. The van der Waals surface area contributed by atoms with Crippen LogP contribution in [0.4, 0.5) is 15.8 Å². The lowest BCUT2D eigenvalue weighted by atomic mass is 10.3. The summed E-state index contributed by atoms with van der Waals surface area (Å²) in [6, 6.07) is 9.44. The van der Waals surface area contributed by atoms with E-state index in [-0.39, 0.29) is 10.6 Å². The van der Waals surface area contributed by atoms with Crippen LogP contribution in [0.5, 0.6) is 0 Å². The molecule has 19 heavy (non-hydrogen) atoms. The molecule has 0 saturated carbocycles. The second-order valence-electron chi connectivity index (χ2n) is 3.80. The summed E-state index contributed by atoms with van der Waals surface area (Å²) in [6.07, 6.45) is 0. The third-order valence-electron chi connectivity index (χ3n) is 2.35. The number of benzene rings is 2. The molecule has 100 valence electrons. The predicted molar refractivity (Wildman–Crippen MR) is 73.1 cm³/mol. The number of rotatable bonds is 3. The van der Waals surface area contributed by atoms with Gasteiger partial charge in [-0.25, -0.2) is 12.8 Å². The first-order valence-electron chi connectivity index (χ1n) is 5.22. The normalized spacial score (nSPS) is 11.3. The van der Waals surface area contributed by atoms with Crippen LogP contribution in [-0.2, 0) is 10.0 Å². The van der Waals surface area contributed by atoms with Crippen molar-refractivity contribution in [1.29, 1.82) is 0 Å². The Morgan fingerprint density at radius 3 is 2.53 bits per heavy atom. The molecule has 2 aromatic rings. The number of hydrogen-bond donors (Lipinski definition) is 2. The molecular formula is C12H10ClFN2O2S. The summed E-state index contributed by atoms with van der Waals surface area (Å²) >= 11 is 5.76. The maximum Gasteiger partial charge on any atom is 0.261 e. The van der Waals surface area contributed by atoms with Crippen LogP contribution in [0.25, 0.3) is 0 Å².